The molecule has 0 bridgehead atoms. The monoisotopic (exact) mass is 269 g/mol. The maximum absolute atomic E-state index is 5.54. The van der Waals surface area contributed by atoms with E-state index >= 15 is 0 Å². The van der Waals surface area contributed by atoms with Gasteiger partial charge in [0.15, 0.2) is 0 Å². The van der Waals surface area contributed by atoms with Crippen LogP contribution in [0.3, 0.4) is 0 Å². The Morgan fingerprint density at radius 2 is 2.00 bits per heavy atom. The number of nitrogens with zero attached hydrogens (tertiary/aromatic N) is 4. The van der Waals surface area contributed by atoms with E-state index < -0.39 is 0 Å². The van der Waals surface area contributed by atoms with Crippen LogP contribution in [0.1, 0.15) is 20.8 Å². The average molecular weight is 269 g/mol. The predicted octanol–water partition coefficient (Wildman–Crippen LogP) is 1.17. The number of aromatic nitrogens is 3. The second-order valence-corrected chi connectivity index (χ2v) is 4.23. The molecule has 1 rings (SSSR count). The van der Waals surface area contributed by atoms with Gasteiger partial charge in [0, 0.05) is 27.2 Å². The summed E-state index contributed by atoms with van der Waals surface area (Å²) in [6, 6.07) is 0.334. The van der Waals surface area contributed by atoms with Gasteiger partial charge in [0.25, 0.3) is 0 Å². The molecule has 19 heavy (non-hydrogen) atoms. The molecule has 1 aromatic heterocycles. The van der Waals surface area contributed by atoms with E-state index in [1.165, 1.54) is 0 Å². The highest BCUT2D eigenvalue weighted by atomic mass is 16.5. The maximum Gasteiger partial charge on any atom is 0.323 e. The first-order valence-electron chi connectivity index (χ1n) is 6.45. The number of hydrogen-bond acceptors (Lipinski definition) is 7. The molecule has 1 N–H and O–H groups in total. The molecular formula is C12H23N5O2. The molecule has 0 saturated carbocycles. The maximum atomic E-state index is 5.54. The van der Waals surface area contributed by atoms with E-state index in [4.69, 9.17) is 9.47 Å². The lowest BCUT2D eigenvalue weighted by Crippen LogP contribution is -2.29. The summed E-state index contributed by atoms with van der Waals surface area (Å²) in [4.78, 5) is 14.9. The highest BCUT2D eigenvalue weighted by Crippen LogP contribution is 2.15. The largest absolute Gasteiger partial charge is 0.461 e. The molecule has 0 fully saturated rings. The highest BCUT2D eigenvalue weighted by Gasteiger charge is 2.13. The fourth-order valence-electron chi connectivity index (χ4n) is 1.46. The lowest BCUT2D eigenvalue weighted by molar-refractivity contribution is 0.204. The minimum absolute atomic E-state index is 0.0222. The second kappa shape index (κ2) is 7.73. The van der Waals surface area contributed by atoms with E-state index in [9.17, 15) is 0 Å². The average Bonchev–Trinajstić information content (AvgIpc) is 2.38. The molecular weight excluding hydrogens is 246 g/mol. The number of hydrogen-bond donors (Lipinski definition) is 1. The summed E-state index contributed by atoms with van der Waals surface area (Å²) in [6.07, 6.45) is 0.0222. The van der Waals surface area contributed by atoms with Crippen LogP contribution in [0, 0.1) is 0 Å². The topological polar surface area (TPSA) is 72.4 Å². The molecule has 0 saturated heterocycles. The molecule has 108 valence electrons. The lowest BCUT2D eigenvalue weighted by Gasteiger charge is -2.21. The first-order valence-corrected chi connectivity index (χ1v) is 6.45. The molecule has 1 aromatic rings. The van der Waals surface area contributed by atoms with Crippen LogP contribution in [0.5, 0.6) is 6.01 Å². The van der Waals surface area contributed by atoms with Gasteiger partial charge in [0.1, 0.15) is 0 Å². The second-order valence-electron chi connectivity index (χ2n) is 4.23. The van der Waals surface area contributed by atoms with Crippen molar-refractivity contribution in [3.63, 3.8) is 0 Å². The fourth-order valence-corrected chi connectivity index (χ4v) is 1.46. The smallest absolute Gasteiger partial charge is 0.323 e. The van der Waals surface area contributed by atoms with E-state index in [1.807, 2.05) is 25.7 Å². The lowest BCUT2D eigenvalue weighted by atomic mass is 10.5. The minimum atomic E-state index is 0.0222. The van der Waals surface area contributed by atoms with Crippen LogP contribution in [-0.4, -0.2) is 54.9 Å². The zero-order valence-corrected chi connectivity index (χ0v) is 12.3. The Bertz CT molecular complexity index is 386. The van der Waals surface area contributed by atoms with Gasteiger partial charge in [-0.3, -0.25) is 0 Å². The Morgan fingerprint density at radius 3 is 2.53 bits per heavy atom. The van der Waals surface area contributed by atoms with Gasteiger partial charge in [0.2, 0.25) is 11.9 Å². The van der Waals surface area contributed by atoms with Crippen LogP contribution in [0.15, 0.2) is 0 Å². The van der Waals surface area contributed by atoms with Crippen LogP contribution in [0.4, 0.5) is 11.9 Å². The van der Waals surface area contributed by atoms with Gasteiger partial charge in [-0.05, 0) is 20.8 Å². The molecule has 0 aliphatic heterocycles. The summed E-state index contributed by atoms with van der Waals surface area (Å²) in [6.45, 7) is 8.05. The van der Waals surface area contributed by atoms with E-state index in [2.05, 4.69) is 20.3 Å². The number of anilines is 2. The van der Waals surface area contributed by atoms with E-state index in [-0.39, 0.29) is 6.10 Å². The summed E-state index contributed by atoms with van der Waals surface area (Å²) in [7, 11) is 3.44. The SMILES string of the molecule is CCN(CCOC)c1nc(NC)nc(OC(C)C)n1. The van der Waals surface area contributed by atoms with E-state index in [0.29, 0.717) is 24.5 Å². The number of methoxy groups -OCH3 is 1. The third kappa shape index (κ3) is 4.86. The normalized spacial score (nSPS) is 10.6. The Labute approximate surface area is 114 Å². The standard InChI is InChI=1S/C12H23N5O2/c1-6-17(7-8-18-5)11-14-10(13-4)15-12(16-11)19-9(2)3/h9H,6-8H2,1-5H3,(H,13,14,15,16). The van der Waals surface area contributed by atoms with Gasteiger partial charge >= 0.3 is 6.01 Å². The molecule has 0 aliphatic rings. The minimum Gasteiger partial charge on any atom is -0.461 e. The molecule has 0 amide bonds. The Kier molecular flexibility index (Phi) is 6.27. The van der Waals surface area contributed by atoms with Crippen molar-refractivity contribution in [1.29, 1.82) is 0 Å². The number of ether oxygens (including phenoxy) is 2. The van der Waals surface area contributed by atoms with Crippen molar-refractivity contribution in [2.75, 3.05) is 44.1 Å². The predicted molar refractivity (Wildman–Crippen MR) is 74.9 cm³/mol. The third-order valence-electron chi connectivity index (χ3n) is 2.40. The molecule has 0 spiro atoms. The summed E-state index contributed by atoms with van der Waals surface area (Å²) in [5, 5.41) is 2.92. The molecule has 7 nitrogen and oxygen atoms in total. The summed E-state index contributed by atoms with van der Waals surface area (Å²) < 4.78 is 10.6. The Morgan fingerprint density at radius 1 is 1.26 bits per heavy atom. The van der Waals surface area contributed by atoms with Crippen LogP contribution in [0.2, 0.25) is 0 Å². The fraction of sp³-hybridized carbons (Fsp3) is 0.750. The quantitative estimate of drug-likeness (QED) is 0.759. The molecule has 0 aromatic carbocycles. The van der Waals surface area contributed by atoms with Gasteiger partial charge in [-0.25, -0.2) is 0 Å². The first-order chi connectivity index (χ1) is 9.10. The van der Waals surface area contributed by atoms with Crippen LogP contribution in [0.25, 0.3) is 0 Å². The zero-order valence-electron chi connectivity index (χ0n) is 12.3. The van der Waals surface area contributed by atoms with E-state index in [1.54, 1.807) is 14.2 Å². The van der Waals surface area contributed by atoms with Crippen LogP contribution in [-0.2, 0) is 4.74 Å². The van der Waals surface area contributed by atoms with Gasteiger partial charge < -0.3 is 19.7 Å². The highest BCUT2D eigenvalue weighted by molar-refractivity contribution is 5.37. The van der Waals surface area contributed by atoms with Crippen molar-refractivity contribution < 1.29 is 9.47 Å². The molecule has 0 atom stereocenters. The van der Waals surface area contributed by atoms with Crippen LogP contribution < -0.4 is 15.0 Å². The number of nitrogens with one attached hydrogen (secondary N) is 1. The van der Waals surface area contributed by atoms with Crippen molar-refractivity contribution in [1.82, 2.24) is 15.0 Å². The summed E-state index contributed by atoms with van der Waals surface area (Å²) in [5.41, 5.74) is 0. The molecule has 0 unspecified atom stereocenters. The van der Waals surface area contributed by atoms with E-state index in [0.717, 1.165) is 13.1 Å². The van der Waals surface area contributed by atoms with Crippen molar-refractivity contribution in [2.24, 2.45) is 0 Å². The number of rotatable bonds is 8. The zero-order chi connectivity index (χ0) is 14.3. The number of likely N-dealkylation sites (N-methyl/N-ethyl adjacent to an activating group) is 1. The molecule has 0 radical (unpaired) electrons. The van der Waals surface area contributed by atoms with Gasteiger partial charge in [-0.15, -0.1) is 0 Å². The summed E-state index contributed by atoms with van der Waals surface area (Å²) >= 11 is 0. The Hall–Kier alpha value is -1.63. The van der Waals surface area contributed by atoms with Crippen molar-refractivity contribution in [3.8, 4) is 6.01 Å². The third-order valence-corrected chi connectivity index (χ3v) is 2.40. The Balaban J connectivity index is 2.96. The molecule has 7 heteroatoms. The van der Waals surface area contributed by atoms with Crippen LogP contribution >= 0.6 is 0 Å². The van der Waals surface area contributed by atoms with Crippen molar-refractivity contribution in [3.05, 3.63) is 0 Å². The van der Waals surface area contributed by atoms with Crippen molar-refractivity contribution in [2.45, 2.75) is 26.9 Å². The van der Waals surface area contributed by atoms with Gasteiger partial charge in [0.05, 0.1) is 12.7 Å². The van der Waals surface area contributed by atoms with Crippen molar-refractivity contribution >= 4 is 11.9 Å². The first kappa shape index (κ1) is 15.4. The molecule has 0 aliphatic carbocycles. The van der Waals surface area contributed by atoms with Gasteiger partial charge in [-0.2, -0.15) is 15.0 Å². The van der Waals surface area contributed by atoms with Gasteiger partial charge in [-0.1, -0.05) is 0 Å². The molecule has 1 heterocycles. The summed E-state index contributed by atoms with van der Waals surface area (Å²) in [5.74, 6) is 1.09.